The molecule has 0 aliphatic heterocycles. The number of amides is 1. The summed E-state index contributed by atoms with van der Waals surface area (Å²) in [5.74, 6) is -0.478. The number of nitrogens with zero attached hydrogens (tertiary/aromatic N) is 1. The van der Waals surface area contributed by atoms with Crippen molar-refractivity contribution in [2.45, 2.75) is 11.8 Å². The molecule has 110 valence electrons. The van der Waals surface area contributed by atoms with Gasteiger partial charge in [-0.05, 0) is 31.2 Å². The first-order chi connectivity index (χ1) is 9.91. The third kappa shape index (κ3) is 3.48. The van der Waals surface area contributed by atoms with Gasteiger partial charge in [0, 0.05) is 12.6 Å². The smallest absolute Gasteiger partial charge is 0.266 e. The Kier molecular flexibility index (Phi) is 4.40. The third-order valence-electron chi connectivity index (χ3n) is 2.97. The van der Waals surface area contributed by atoms with Gasteiger partial charge in [-0.15, -0.1) is 4.41 Å². The second-order valence-electron chi connectivity index (χ2n) is 4.59. The van der Waals surface area contributed by atoms with Crippen molar-refractivity contribution in [3.05, 3.63) is 65.7 Å². The first-order valence-electron chi connectivity index (χ1n) is 6.33. The van der Waals surface area contributed by atoms with Crippen LogP contribution in [0.4, 0.5) is 0 Å². The van der Waals surface area contributed by atoms with Crippen LogP contribution in [0.15, 0.2) is 59.5 Å². The van der Waals surface area contributed by atoms with E-state index in [1.165, 1.54) is 19.2 Å². The predicted molar refractivity (Wildman–Crippen MR) is 80.0 cm³/mol. The number of carbonyl (C=O) groups excluding carboxylic acids is 1. The zero-order valence-electron chi connectivity index (χ0n) is 11.8. The molecule has 0 atom stereocenters. The van der Waals surface area contributed by atoms with Gasteiger partial charge in [0.05, 0.1) is 4.90 Å². The summed E-state index contributed by atoms with van der Waals surface area (Å²) in [6, 6.07) is 14.9. The van der Waals surface area contributed by atoms with E-state index < -0.39 is 15.9 Å². The van der Waals surface area contributed by atoms with Crippen molar-refractivity contribution in [1.29, 1.82) is 0 Å². The quantitative estimate of drug-likeness (QED) is 0.878. The van der Waals surface area contributed by atoms with Crippen LogP contribution < -0.4 is 5.43 Å². The van der Waals surface area contributed by atoms with Crippen molar-refractivity contribution < 1.29 is 13.2 Å². The Hall–Kier alpha value is -2.18. The van der Waals surface area contributed by atoms with Crippen LogP contribution in [-0.2, 0) is 10.0 Å². The maximum Gasteiger partial charge on any atom is 0.266 e. The molecule has 0 fully saturated rings. The summed E-state index contributed by atoms with van der Waals surface area (Å²) < 4.78 is 25.5. The Bertz CT molecular complexity index is 725. The molecular formula is C15H16N2O3S. The summed E-state index contributed by atoms with van der Waals surface area (Å²) in [5, 5.41) is 0. The van der Waals surface area contributed by atoms with Gasteiger partial charge in [-0.1, -0.05) is 35.9 Å². The minimum absolute atomic E-state index is 0.129. The summed E-state index contributed by atoms with van der Waals surface area (Å²) in [6.45, 7) is 1.87. The van der Waals surface area contributed by atoms with Gasteiger partial charge in [0.25, 0.3) is 15.9 Å². The van der Waals surface area contributed by atoms with Crippen LogP contribution in [0.2, 0.25) is 0 Å². The Labute approximate surface area is 124 Å². The molecule has 2 rings (SSSR count). The van der Waals surface area contributed by atoms with Gasteiger partial charge in [0.1, 0.15) is 0 Å². The fourth-order valence-electron chi connectivity index (χ4n) is 1.73. The predicted octanol–water partition coefficient (Wildman–Crippen LogP) is 1.96. The molecule has 0 bridgehead atoms. The van der Waals surface area contributed by atoms with E-state index in [4.69, 9.17) is 0 Å². The molecule has 2 aromatic rings. The molecule has 21 heavy (non-hydrogen) atoms. The lowest BCUT2D eigenvalue weighted by Crippen LogP contribution is -2.43. The highest BCUT2D eigenvalue weighted by Crippen LogP contribution is 2.13. The van der Waals surface area contributed by atoms with Crippen LogP contribution in [0.1, 0.15) is 15.9 Å². The molecule has 0 saturated carbocycles. The van der Waals surface area contributed by atoms with Gasteiger partial charge < -0.3 is 0 Å². The summed E-state index contributed by atoms with van der Waals surface area (Å²) in [4.78, 5) is 12.1. The molecule has 0 spiro atoms. The van der Waals surface area contributed by atoms with Crippen LogP contribution in [-0.4, -0.2) is 25.8 Å². The van der Waals surface area contributed by atoms with E-state index in [2.05, 4.69) is 5.43 Å². The van der Waals surface area contributed by atoms with Crippen molar-refractivity contribution in [2.24, 2.45) is 0 Å². The van der Waals surface area contributed by atoms with Gasteiger partial charge in [0.2, 0.25) is 0 Å². The Morgan fingerprint density at radius 3 is 2.14 bits per heavy atom. The van der Waals surface area contributed by atoms with E-state index in [0.717, 1.165) is 9.98 Å². The van der Waals surface area contributed by atoms with Crippen molar-refractivity contribution >= 4 is 15.9 Å². The Morgan fingerprint density at radius 1 is 1.00 bits per heavy atom. The molecule has 0 aliphatic carbocycles. The molecule has 6 heteroatoms. The average Bonchev–Trinajstić information content (AvgIpc) is 2.48. The van der Waals surface area contributed by atoms with Gasteiger partial charge in [-0.2, -0.15) is 0 Å². The van der Waals surface area contributed by atoms with Crippen molar-refractivity contribution in [2.75, 3.05) is 7.05 Å². The van der Waals surface area contributed by atoms with Crippen LogP contribution >= 0.6 is 0 Å². The summed E-state index contributed by atoms with van der Waals surface area (Å²) in [6.07, 6.45) is 0. The van der Waals surface area contributed by atoms with Crippen molar-refractivity contribution in [3.63, 3.8) is 0 Å². The van der Waals surface area contributed by atoms with Gasteiger partial charge in [0.15, 0.2) is 0 Å². The van der Waals surface area contributed by atoms with Crippen molar-refractivity contribution in [3.8, 4) is 0 Å². The summed E-state index contributed by atoms with van der Waals surface area (Å²) in [5.41, 5.74) is 3.71. The Balaban J connectivity index is 2.17. The largest absolute Gasteiger partial charge is 0.271 e. The van der Waals surface area contributed by atoms with E-state index in [9.17, 15) is 13.2 Å². The summed E-state index contributed by atoms with van der Waals surface area (Å²) >= 11 is 0. The molecule has 0 radical (unpaired) electrons. The summed E-state index contributed by atoms with van der Waals surface area (Å²) in [7, 11) is -2.46. The van der Waals surface area contributed by atoms with Crippen LogP contribution in [0, 0.1) is 6.92 Å². The maximum absolute atomic E-state index is 12.3. The van der Waals surface area contributed by atoms with Crippen LogP contribution in [0.25, 0.3) is 0 Å². The molecule has 0 aliphatic rings. The van der Waals surface area contributed by atoms with E-state index in [1.54, 1.807) is 42.5 Å². The topological polar surface area (TPSA) is 66.5 Å². The monoisotopic (exact) mass is 304 g/mol. The Morgan fingerprint density at radius 2 is 1.57 bits per heavy atom. The number of carbonyl (C=O) groups is 1. The first-order valence-corrected chi connectivity index (χ1v) is 7.77. The fourth-order valence-corrected chi connectivity index (χ4v) is 2.72. The normalized spacial score (nSPS) is 11.4. The van der Waals surface area contributed by atoms with Crippen LogP contribution in [0.5, 0.6) is 0 Å². The number of rotatable bonds is 4. The maximum atomic E-state index is 12.3. The van der Waals surface area contributed by atoms with Gasteiger partial charge in [-0.3, -0.25) is 10.2 Å². The first kappa shape index (κ1) is 15.2. The van der Waals surface area contributed by atoms with E-state index in [-0.39, 0.29) is 4.90 Å². The highest BCUT2D eigenvalue weighted by Gasteiger charge is 2.22. The molecule has 1 N–H and O–H groups in total. The number of hydrogen-bond donors (Lipinski definition) is 1. The molecule has 2 aromatic carbocycles. The lowest BCUT2D eigenvalue weighted by molar-refractivity contribution is 0.0893. The van der Waals surface area contributed by atoms with E-state index >= 15 is 0 Å². The molecule has 0 aromatic heterocycles. The third-order valence-corrected chi connectivity index (χ3v) is 4.65. The SMILES string of the molecule is Cc1ccc(S(=O)(=O)N(C)NC(=O)c2ccccc2)cc1. The molecule has 0 saturated heterocycles. The highest BCUT2D eigenvalue weighted by atomic mass is 32.2. The number of sulfonamides is 1. The zero-order valence-corrected chi connectivity index (χ0v) is 12.6. The number of nitrogens with one attached hydrogen (secondary N) is 1. The fraction of sp³-hybridized carbons (Fsp3) is 0.133. The lowest BCUT2D eigenvalue weighted by Gasteiger charge is -2.18. The van der Waals surface area contributed by atoms with Crippen LogP contribution in [0.3, 0.4) is 0 Å². The van der Waals surface area contributed by atoms with Crippen molar-refractivity contribution in [1.82, 2.24) is 9.84 Å². The second-order valence-corrected chi connectivity index (χ2v) is 6.56. The number of hydrazine groups is 1. The molecule has 5 nitrogen and oxygen atoms in total. The highest BCUT2D eigenvalue weighted by molar-refractivity contribution is 7.89. The van der Waals surface area contributed by atoms with Gasteiger partial charge in [-0.25, -0.2) is 8.42 Å². The standard InChI is InChI=1S/C15H16N2O3S/c1-12-8-10-14(11-9-12)21(19,20)17(2)16-15(18)13-6-4-3-5-7-13/h3-11H,1-2H3,(H,16,18). The van der Waals surface area contributed by atoms with E-state index in [0.29, 0.717) is 5.56 Å². The molecular weight excluding hydrogens is 288 g/mol. The zero-order chi connectivity index (χ0) is 15.5. The van der Waals surface area contributed by atoms with E-state index in [1.807, 2.05) is 6.92 Å². The molecule has 0 unspecified atom stereocenters. The number of benzene rings is 2. The lowest BCUT2D eigenvalue weighted by atomic mass is 10.2. The average molecular weight is 304 g/mol. The minimum Gasteiger partial charge on any atom is -0.271 e. The number of aryl methyl sites for hydroxylation is 1. The molecule has 1 amide bonds. The second kappa shape index (κ2) is 6.07. The minimum atomic E-state index is -3.76. The van der Waals surface area contributed by atoms with Gasteiger partial charge >= 0.3 is 0 Å². The number of hydrogen-bond acceptors (Lipinski definition) is 3. The molecule has 0 heterocycles.